The largest absolute Gasteiger partial charge is 0.355 e. The molecule has 0 fully saturated rings. The number of aromatic nitrogens is 8. The van der Waals surface area contributed by atoms with Crippen LogP contribution in [0.5, 0.6) is 0 Å². The van der Waals surface area contributed by atoms with Gasteiger partial charge in [0.05, 0.1) is 45.6 Å². The molecule has 8 nitrogen and oxygen atoms in total. The summed E-state index contributed by atoms with van der Waals surface area (Å²) in [5.74, 6) is 0. The number of aromatic amines is 4. The molecule has 0 aliphatic carbocycles. The molecule has 0 saturated carbocycles. The lowest BCUT2D eigenvalue weighted by Gasteiger charge is -2.26. The van der Waals surface area contributed by atoms with Gasteiger partial charge in [-0.2, -0.15) is 0 Å². The maximum Gasteiger partial charge on any atom is 0.0738 e. The molecule has 10 heterocycles. The molecule has 0 spiro atoms. The van der Waals surface area contributed by atoms with Crippen LogP contribution in [-0.2, 0) is 54.1 Å². The minimum atomic E-state index is -0.192. The van der Waals surface area contributed by atoms with Crippen molar-refractivity contribution < 1.29 is 0 Å². The second-order valence-corrected chi connectivity index (χ2v) is 44.4. The molecule has 606 valence electrons. The lowest BCUT2D eigenvalue weighted by atomic mass is 9.78. The number of nitrogens with zero attached hydrogens (tertiary/aromatic N) is 4. The molecule has 118 heavy (non-hydrogen) atoms. The highest BCUT2D eigenvalue weighted by Crippen LogP contribution is 2.48. The van der Waals surface area contributed by atoms with Crippen LogP contribution in [0.3, 0.4) is 0 Å². The molecule has 5 aromatic carbocycles. The van der Waals surface area contributed by atoms with Crippen LogP contribution in [0.4, 0.5) is 0 Å². The number of H-pyrrole nitrogens is 4. The van der Waals surface area contributed by atoms with E-state index in [2.05, 4.69) is 422 Å². The molecule has 0 unspecified atom stereocenters. The summed E-state index contributed by atoms with van der Waals surface area (Å²) in [5, 5.41) is 0. The second kappa shape index (κ2) is 28.5. The first-order valence-corrected chi connectivity index (χ1v) is 42.8. The van der Waals surface area contributed by atoms with Gasteiger partial charge >= 0.3 is 0 Å². The first kappa shape index (κ1) is 82.4. The molecule has 11 aromatic rings. The third-order valence-electron chi connectivity index (χ3n) is 24.3. The summed E-state index contributed by atoms with van der Waals surface area (Å²) >= 11 is 0. The monoisotopic (exact) mass is 1560 g/mol. The fourth-order valence-electron chi connectivity index (χ4n) is 16.6. The quantitative estimate of drug-likeness (QED) is 0.133. The van der Waals surface area contributed by atoms with Gasteiger partial charge < -0.3 is 19.9 Å². The number of hydrogen-bond acceptors (Lipinski definition) is 4. The number of rotatable bonds is 6. The zero-order valence-corrected chi connectivity index (χ0v) is 76.3. The van der Waals surface area contributed by atoms with Crippen molar-refractivity contribution in [1.82, 2.24) is 39.9 Å². The Kier molecular flexibility index (Phi) is 19.9. The minimum absolute atomic E-state index is 0.158. The molecule has 6 aromatic heterocycles. The summed E-state index contributed by atoms with van der Waals surface area (Å²) < 4.78 is 0. The molecule has 4 aliphatic rings. The number of nitrogens with one attached hydrogen (secondary N) is 4. The topological polar surface area (TPSA) is 115 Å². The molecule has 0 saturated heterocycles. The standard InChI is InChI=1S/C110H126N8/c1-101(2,3)68-47-63(48-69(57-68)102(4,5)6)94-80-33-31-78(111-80)62-79-32-34-81(112-79)95(64-49-70(103(7,8)9)58-71(50-64)104(10,11)12)83-40-44-91(116-83)99(90-43-39-82(94)115-90)100-92-45-41-88(117-92)97(66-53-74(107(19,20)21)60-75(54-66)108(22,23)24)86-37-35-84(113-86)96(65-51-72(105(13,14)15)59-73(52-65)106(16,17)18)85-36-38-87(114-85)98(89-42-46-93(100)118-89)67-55-76(109(25,26)27)61-77(56-67)110(28,29)30/h31-62,111,113,116,118H,1-30H3. The molecule has 4 aliphatic heterocycles. The van der Waals surface area contributed by atoms with E-state index in [1.165, 1.54) is 55.6 Å². The summed E-state index contributed by atoms with van der Waals surface area (Å²) in [6.45, 7) is 69.7. The molecule has 8 heteroatoms. The van der Waals surface area contributed by atoms with E-state index in [0.29, 0.717) is 0 Å². The van der Waals surface area contributed by atoms with Crippen LogP contribution in [0.15, 0.2) is 146 Å². The van der Waals surface area contributed by atoms with Crippen LogP contribution in [-0.4, -0.2) is 39.9 Å². The van der Waals surface area contributed by atoms with E-state index in [1.807, 2.05) is 0 Å². The Hall–Kier alpha value is -10.7. The molecular weight excluding hydrogens is 1430 g/mol. The van der Waals surface area contributed by atoms with E-state index >= 15 is 0 Å². The Morgan fingerprint density at radius 1 is 0.169 bits per heavy atom. The Balaban J connectivity index is 1.19. The van der Waals surface area contributed by atoms with Gasteiger partial charge in [-0.1, -0.05) is 299 Å². The predicted octanol–water partition coefficient (Wildman–Crippen LogP) is 30.6. The molecule has 16 bridgehead atoms. The molecule has 0 amide bonds. The zero-order valence-electron chi connectivity index (χ0n) is 76.3. The van der Waals surface area contributed by atoms with Crippen molar-refractivity contribution in [3.05, 3.63) is 247 Å². The predicted molar refractivity (Wildman–Crippen MR) is 511 cm³/mol. The van der Waals surface area contributed by atoms with Crippen molar-refractivity contribution >= 4 is 92.7 Å². The first-order chi connectivity index (χ1) is 54.7. The van der Waals surface area contributed by atoms with E-state index in [1.54, 1.807) is 0 Å². The molecule has 15 rings (SSSR count). The van der Waals surface area contributed by atoms with Gasteiger partial charge in [0.15, 0.2) is 0 Å². The molecular formula is C110H126N8. The van der Waals surface area contributed by atoms with Crippen molar-refractivity contribution in [1.29, 1.82) is 0 Å². The van der Waals surface area contributed by atoms with Crippen LogP contribution in [0.2, 0.25) is 0 Å². The van der Waals surface area contributed by atoms with Gasteiger partial charge in [-0.15, -0.1) is 0 Å². The highest BCUT2D eigenvalue weighted by atomic mass is 14.8. The lowest BCUT2D eigenvalue weighted by Crippen LogP contribution is -2.16. The van der Waals surface area contributed by atoms with Crippen molar-refractivity contribution in [3.63, 3.8) is 0 Å². The molecule has 0 atom stereocenters. The van der Waals surface area contributed by atoms with Gasteiger partial charge in [0.1, 0.15) is 0 Å². The first-order valence-electron chi connectivity index (χ1n) is 42.8. The SMILES string of the molecule is CC(C)(C)c1cc(-c2c3nc(c(-c4c5nc(c(-c6cc(C(C)(C)C)cc(C(C)(C)C)c6)c6ccc([nH]6)c(-c6cc(C(C)(C)C)cc(C(C)(C)C)c6)c6nc(c(-c7cc(C(C)(C)C)cc(C(C)(C)C)c7)c7ccc4[nH]7)C=C6)C=C5)c4ccc([nH]4)c(-c4cc(C(C)(C)C)cc(C(C)(C)C)c4)c4nc(cc5ccc2[nH]5)C=C4)C=C3)cc(C(C)(C)C)c1. The second-order valence-electron chi connectivity index (χ2n) is 44.4. The maximum atomic E-state index is 6.20. The maximum absolute atomic E-state index is 6.20. The number of benzene rings is 5. The average molecular weight is 1560 g/mol. The smallest absolute Gasteiger partial charge is 0.0738 e. The van der Waals surface area contributed by atoms with Crippen molar-refractivity contribution in [2.24, 2.45) is 0 Å². The Labute approximate surface area is 703 Å². The third-order valence-corrected chi connectivity index (χ3v) is 24.3. The van der Waals surface area contributed by atoms with E-state index in [0.717, 1.165) is 156 Å². The summed E-state index contributed by atoms with van der Waals surface area (Å²) in [7, 11) is 0. The van der Waals surface area contributed by atoms with Gasteiger partial charge in [0, 0.05) is 83.1 Å². The van der Waals surface area contributed by atoms with Gasteiger partial charge in [0.2, 0.25) is 0 Å². The van der Waals surface area contributed by atoms with Crippen molar-refractivity contribution in [2.75, 3.05) is 0 Å². The fraction of sp³-hybridized carbons (Fsp3) is 0.364. The zero-order chi connectivity index (χ0) is 85.2. The van der Waals surface area contributed by atoms with E-state index in [4.69, 9.17) is 19.9 Å². The summed E-state index contributed by atoms with van der Waals surface area (Å²) in [6, 6.07) is 56.5. The Morgan fingerprint density at radius 3 is 0.551 bits per heavy atom. The normalized spacial score (nSPS) is 13.9. The van der Waals surface area contributed by atoms with Crippen molar-refractivity contribution in [3.8, 4) is 66.8 Å². The summed E-state index contributed by atoms with van der Waals surface area (Å²) in [6.07, 6.45) is 17.9. The van der Waals surface area contributed by atoms with Crippen LogP contribution in [0, 0.1) is 0 Å². The highest BCUT2D eigenvalue weighted by molar-refractivity contribution is 6.06. The molecule has 4 N–H and O–H groups in total. The highest BCUT2D eigenvalue weighted by Gasteiger charge is 2.32. The summed E-state index contributed by atoms with van der Waals surface area (Å²) in [5.41, 5.74) is 37.0. The van der Waals surface area contributed by atoms with E-state index in [-0.39, 0.29) is 54.1 Å². The summed E-state index contributed by atoms with van der Waals surface area (Å²) in [4.78, 5) is 40.7. The van der Waals surface area contributed by atoms with E-state index in [9.17, 15) is 0 Å². The van der Waals surface area contributed by atoms with Gasteiger partial charge in [-0.05, 0) is 241 Å². The van der Waals surface area contributed by atoms with Gasteiger partial charge in [0.25, 0.3) is 0 Å². The third kappa shape index (κ3) is 16.3. The van der Waals surface area contributed by atoms with Crippen molar-refractivity contribution in [2.45, 2.75) is 262 Å². The number of fused-ring (bicyclic) bond motifs is 16. The van der Waals surface area contributed by atoms with Crippen LogP contribution in [0.25, 0.3) is 160 Å². The average Bonchev–Trinajstić information content (AvgIpc) is 1.58. The van der Waals surface area contributed by atoms with E-state index < -0.39 is 0 Å². The van der Waals surface area contributed by atoms with Crippen LogP contribution >= 0.6 is 0 Å². The Morgan fingerprint density at radius 2 is 0.339 bits per heavy atom. The van der Waals surface area contributed by atoms with Gasteiger partial charge in [-0.3, -0.25) is 0 Å². The van der Waals surface area contributed by atoms with Gasteiger partial charge in [-0.25, -0.2) is 19.9 Å². The minimum Gasteiger partial charge on any atom is -0.355 e. The van der Waals surface area contributed by atoms with Crippen LogP contribution < -0.4 is 0 Å². The van der Waals surface area contributed by atoms with Crippen LogP contribution in [0.1, 0.15) is 309 Å². The fourth-order valence-corrected chi connectivity index (χ4v) is 16.6. The molecule has 0 radical (unpaired) electrons. The Bertz CT molecular complexity index is 6120. The number of hydrogen-bond donors (Lipinski definition) is 4. The lowest BCUT2D eigenvalue weighted by molar-refractivity contribution is 0.568.